The fourth-order valence-electron chi connectivity index (χ4n) is 3.97. The van der Waals surface area contributed by atoms with Gasteiger partial charge in [-0.3, -0.25) is 9.36 Å². The maximum Gasteiger partial charge on any atom is 0.261 e. The summed E-state index contributed by atoms with van der Waals surface area (Å²) in [5.74, 6) is 1.80. The van der Waals surface area contributed by atoms with Gasteiger partial charge >= 0.3 is 0 Å². The molecule has 0 aliphatic heterocycles. The highest BCUT2D eigenvalue weighted by Gasteiger charge is 2.17. The van der Waals surface area contributed by atoms with Crippen LogP contribution in [-0.2, 0) is 18.4 Å². The third-order valence-corrected chi connectivity index (χ3v) is 5.80. The molecule has 30 heavy (non-hydrogen) atoms. The molecule has 1 heterocycles. The average molecular weight is 409 g/mol. The zero-order valence-corrected chi connectivity index (χ0v) is 19.3. The number of hydrogen-bond donors (Lipinski definition) is 0. The van der Waals surface area contributed by atoms with E-state index in [-0.39, 0.29) is 11.0 Å². The van der Waals surface area contributed by atoms with E-state index in [4.69, 9.17) is 9.47 Å². The van der Waals surface area contributed by atoms with Crippen LogP contribution in [-0.4, -0.2) is 23.8 Å². The van der Waals surface area contributed by atoms with Gasteiger partial charge in [-0.05, 0) is 60.9 Å². The van der Waals surface area contributed by atoms with E-state index in [0.717, 1.165) is 6.42 Å². The maximum absolute atomic E-state index is 13.2. The van der Waals surface area contributed by atoms with Crippen molar-refractivity contribution < 1.29 is 9.47 Å². The smallest absolute Gasteiger partial charge is 0.261 e. The molecule has 2 aromatic carbocycles. The van der Waals surface area contributed by atoms with Crippen LogP contribution in [0.2, 0.25) is 0 Å². The minimum absolute atomic E-state index is 0.0555. The van der Waals surface area contributed by atoms with Crippen molar-refractivity contribution in [2.45, 2.75) is 59.9 Å². The lowest BCUT2D eigenvalue weighted by atomic mass is 9.83. The molecular weight excluding hydrogens is 376 g/mol. The lowest BCUT2D eigenvalue weighted by Crippen LogP contribution is -2.25. The number of fused-ring (bicyclic) bond motifs is 1. The number of hydrogen-bond acceptors (Lipinski definition) is 4. The minimum Gasteiger partial charge on any atom is -0.493 e. The molecular formula is C25H32N2O3. The van der Waals surface area contributed by atoms with Gasteiger partial charge in [0.1, 0.15) is 5.82 Å². The fraction of sp³-hybridized carbons (Fsp3) is 0.440. The summed E-state index contributed by atoms with van der Waals surface area (Å²) in [7, 11) is 3.14. The zero-order valence-electron chi connectivity index (χ0n) is 19.3. The predicted octanol–water partition coefficient (Wildman–Crippen LogP) is 4.88. The molecule has 5 nitrogen and oxygen atoms in total. The molecule has 0 unspecified atom stereocenters. The molecule has 0 fully saturated rings. The van der Waals surface area contributed by atoms with Crippen molar-refractivity contribution in [3.8, 4) is 11.5 Å². The molecule has 0 bridgehead atoms. The van der Waals surface area contributed by atoms with Crippen LogP contribution in [0.5, 0.6) is 11.5 Å². The first-order valence-corrected chi connectivity index (χ1v) is 10.3. The summed E-state index contributed by atoms with van der Waals surface area (Å²) < 4.78 is 12.5. The van der Waals surface area contributed by atoms with Crippen LogP contribution in [0.25, 0.3) is 10.9 Å². The van der Waals surface area contributed by atoms with Crippen molar-refractivity contribution in [3.63, 3.8) is 0 Å². The van der Waals surface area contributed by atoms with Crippen LogP contribution in [0.4, 0.5) is 0 Å². The normalized spacial score (nSPS) is 11.7. The summed E-state index contributed by atoms with van der Waals surface area (Å²) in [6, 6.07) is 8.02. The molecule has 0 aliphatic rings. The summed E-state index contributed by atoms with van der Waals surface area (Å²) in [6.45, 7) is 13.5. The third-order valence-electron chi connectivity index (χ3n) is 5.80. The molecule has 3 aromatic rings. The van der Waals surface area contributed by atoms with Gasteiger partial charge in [0, 0.05) is 12.6 Å². The first-order chi connectivity index (χ1) is 14.1. The second-order valence-electron chi connectivity index (χ2n) is 8.93. The molecule has 0 saturated carbocycles. The maximum atomic E-state index is 13.2. The Bertz CT molecular complexity index is 1130. The van der Waals surface area contributed by atoms with Crippen LogP contribution in [0.3, 0.4) is 0 Å². The number of aryl methyl sites for hydroxylation is 3. The SMILES string of the molecule is COc1cc2nc(C)n(CCc3c(C)cc(C(C)(C)C)cc3C)c(=O)c2cc1OC. The van der Waals surface area contributed by atoms with E-state index < -0.39 is 0 Å². The third kappa shape index (κ3) is 4.07. The first kappa shape index (κ1) is 21.9. The second-order valence-corrected chi connectivity index (χ2v) is 8.93. The average Bonchev–Trinajstić information content (AvgIpc) is 2.67. The molecule has 0 radical (unpaired) electrons. The Hall–Kier alpha value is -2.82. The molecule has 0 amide bonds. The molecule has 5 heteroatoms. The summed E-state index contributed by atoms with van der Waals surface area (Å²) in [4.78, 5) is 17.9. The molecule has 0 saturated heterocycles. The predicted molar refractivity (Wildman–Crippen MR) is 122 cm³/mol. The summed E-state index contributed by atoms with van der Waals surface area (Å²) in [5.41, 5.74) is 5.85. The quantitative estimate of drug-likeness (QED) is 0.604. The number of aromatic nitrogens is 2. The fourth-order valence-corrected chi connectivity index (χ4v) is 3.97. The lowest BCUT2D eigenvalue weighted by molar-refractivity contribution is 0.355. The van der Waals surface area contributed by atoms with Crippen molar-refractivity contribution >= 4 is 10.9 Å². The summed E-state index contributed by atoms with van der Waals surface area (Å²) in [6.07, 6.45) is 0.781. The van der Waals surface area contributed by atoms with Crippen molar-refractivity contribution in [1.29, 1.82) is 0 Å². The standard InChI is InChI=1S/C25H32N2O3/c1-15-11-18(25(4,5)6)12-16(2)19(15)9-10-27-17(3)26-21-14-23(30-8)22(29-7)13-20(21)24(27)28/h11-14H,9-10H2,1-8H3. The Morgan fingerprint density at radius 3 is 2.03 bits per heavy atom. The molecule has 0 N–H and O–H groups in total. The van der Waals surface area contributed by atoms with Gasteiger partial charge in [0.15, 0.2) is 11.5 Å². The number of rotatable bonds is 5. The van der Waals surface area contributed by atoms with E-state index >= 15 is 0 Å². The molecule has 0 aliphatic carbocycles. The minimum atomic E-state index is -0.0555. The zero-order chi connectivity index (χ0) is 22.2. The number of benzene rings is 2. The van der Waals surface area contributed by atoms with Crippen LogP contribution in [0, 0.1) is 20.8 Å². The van der Waals surface area contributed by atoms with Crippen LogP contribution >= 0.6 is 0 Å². The highest BCUT2D eigenvalue weighted by Crippen LogP contribution is 2.30. The first-order valence-electron chi connectivity index (χ1n) is 10.3. The van der Waals surface area contributed by atoms with Crippen LogP contribution < -0.4 is 15.0 Å². The molecule has 160 valence electrons. The lowest BCUT2D eigenvalue weighted by Gasteiger charge is -2.22. The summed E-state index contributed by atoms with van der Waals surface area (Å²) in [5, 5.41) is 0.537. The Morgan fingerprint density at radius 1 is 0.933 bits per heavy atom. The Labute approximate surface area is 178 Å². The number of ether oxygens (including phenoxy) is 2. The van der Waals surface area contributed by atoms with Crippen molar-refractivity contribution in [2.24, 2.45) is 0 Å². The molecule has 0 atom stereocenters. The summed E-state index contributed by atoms with van der Waals surface area (Å²) >= 11 is 0. The van der Waals surface area contributed by atoms with E-state index in [2.05, 4.69) is 51.7 Å². The van der Waals surface area contributed by atoms with Gasteiger partial charge in [-0.2, -0.15) is 0 Å². The van der Waals surface area contributed by atoms with Gasteiger partial charge in [0.05, 0.1) is 25.1 Å². The highest BCUT2D eigenvalue weighted by atomic mass is 16.5. The second kappa shape index (κ2) is 8.13. The van der Waals surface area contributed by atoms with Gasteiger partial charge in [-0.25, -0.2) is 4.98 Å². The number of nitrogens with zero attached hydrogens (tertiary/aromatic N) is 2. The highest BCUT2D eigenvalue weighted by molar-refractivity contribution is 5.82. The monoisotopic (exact) mass is 408 g/mol. The van der Waals surface area contributed by atoms with E-state index in [0.29, 0.717) is 34.8 Å². The van der Waals surface area contributed by atoms with E-state index in [1.54, 1.807) is 30.9 Å². The van der Waals surface area contributed by atoms with Gasteiger partial charge < -0.3 is 9.47 Å². The van der Waals surface area contributed by atoms with Crippen molar-refractivity contribution in [1.82, 2.24) is 9.55 Å². The Kier molecular flexibility index (Phi) is 5.93. The van der Waals surface area contributed by atoms with Gasteiger partial charge in [0.25, 0.3) is 5.56 Å². The van der Waals surface area contributed by atoms with Crippen LogP contribution in [0.15, 0.2) is 29.1 Å². The van der Waals surface area contributed by atoms with E-state index in [1.165, 1.54) is 22.3 Å². The largest absolute Gasteiger partial charge is 0.493 e. The van der Waals surface area contributed by atoms with Crippen molar-refractivity contribution in [2.75, 3.05) is 14.2 Å². The van der Waals surface area contributed by atoms with E-state index in [9.17, 15) is 4.79 Å². The topological polar surface area (TPSA) is 53.4 Å². The molecule has 1 aromatic heterocycles. The van der Waals surface area contributed by atoms with Gasteiger partial charge in [-0.1, -0.05) is 32.9 Å². The van der Waals surface area contributed by atoms with E-state index in [1.807, 2.05) is 6.92 Å². The molecule has 0 spiro atoms. The Balaban J connectivity index is 2.00. The van der Waals surface area contributed by atoms with Gasteiger partial charge in [0.2, 0.25) is 0 Å². The Morgan fingerprint density at radius 2 is 1.50 bits per heavy atom. The van der Waals surface area contributed by atoms with Crippen LogP contribution in [0.1, 0.15) is 48.8 Å². The van der Waals surface area contributed by atoms with Crippen molar-refractivity contribution in [3.05, 3.63) is 62.7 Å². The van der Waals surface area contributed by atoms with Gasteiger partial charge in [-0.15, -0.1) is 0 Å². The number of methoxy groups -OCH3 is 2. The molecule has 3 rings (SSSR count).